The van der Waals surface area contributed by atoms with Gasteiger partial charge >= 0.3 is 5.97 Å². The maximum absolute atomic E-state index is 12.3. The molecule has 0 aliphatic heterocycles. The second kappa shape index (κ2) is 6.04. The molecular formula is C13H15N3O4S. The van der Waals surface area contributed by atoms with E-state index >= 15 is 0 Å². The summed E-state index contributed by atoms with van der Waals surface area (Å²) in [5.74, 6) is -1.40. The normalized spacial score (nSPS) is 12.3. The molecule has 2 aromatic heterocycles. The van der Waals surface area contributed by atoms with Gasteiger partial charge < -0.3 is 10.4 Å². The number of aromatic nitrogens is 2. The fraction of sp³-hybridized carbons (Fsp3) is 0.385. The van der Waals surface area contributed by atoms with Gasteiger partial charge in [-0.3, -0.25) is 19.0 Å². The number of thiophene rings is 1. The largest absolute Gasteiger partial charge is 0.481 e. The highest BCUT2D eigenvalue weighted by molar-refractivity contribution is 7.18. The smallest absolute Gasteiger partial charge is 0.305 e. The standard InChI is InChI=1S/C13H15N3O4S/c1-7-5-9-12(21-7)15-6-16(13(9)20)8(2)11(19)14-4-3-10(17)18/h5-6,8H,3-4H2,1-2H3,(H,14,19)(H,17,18). The van der Waals surface area contributed by atoms with Crippen LogP contribution in [0.1, 0.15) is 24.3 Å². The molecule has 2 aromatic rings. The van der Waals surface area contributed by atoms with E-state index in [0.29, 0.717) is 10.2 Å². The lowest BCUT2D eigenvalue weighted by Crippen LogP contribution is -2.36. The number of carboxylic acids is 1. The molecule has 8 heteroatoms. The van der Waals surface area contributed by atoms with Gasteiger partial charge in [-0.15, -0.1) is 11.3 Å². The number of amides is 1. The Balaban J connectivity index is 2.20. The Morgan fingerprint density at radius 1 is 1.52 bits per heavy atom. The van der Waals surface area contributed by atoms with E-state index < -0.39 is 17.9 Å². The van der Waals surface area contributed by atoms with Crippen LogP contribution in [0.5, 0.6) is 0 Å². The molecule has 2 rings (SSSR count). The van der Waals surface area contributed by atoms with Crippen molar-refractivity contribution in [2.75, 3.05) is 6.54 Å². The monoisotopic (exact) mass is 309 g/mol. The molecule has 1 amide bonds. The van der Waals surface area contributed by atoms with Gasteiger partial charge in [-0.2, -0.15) is 0 Å². The van der Waals surface area contributed by atoms with Gasteiger partial charge in [0, 0.05) is 11.4 Å². The molecule has 7 nitrogen and oxygen atoms in total. The molecule has 1 unspecified atom stereocenters. The van der Waals surface area contributed by atoms with Gasteiger partial charge in [0.1, 0.15) is 10.9 Å². The first-order valence-electron chi connectivity index (χ1n) is 6.37. The van der Waals surface area contributed by atoms with Crippen LogP contribution >= 0.6 is 11.3 Å². The molecule has 0 spiro atoms. The van der Waals surface area contributed by atoms with Crippen molar-refractivity contribution in [2.24, 2.45) is 0 Å². The second-order valence-electron chi connectivity index (χ2n) is 4.64. The number of nitrogens with zero attached hydrogens (tertiary/aromatic N) is 2. The van der Waals surface area contributed by atoms with Crippen LogP contribution in [0.2, 0.25) is 0 Å². The molecule has 21 heavy (non-hydrogen) atoms. The number of rotatable bonds is 5. The van der Waals surface area contributed by atoms with Crippen molar-refractivity contribution in [1.82, 2.24) is 14.9 Å². The van der Waals surface area contributed by atoms with Crippen molar-refractivity contribution in [2.45, 2.75) is 26.3 Å². The lowest BCUT2D eigenvalue weighted by atomic mass is 10.3. The Kier molecular flexibility index (Phi) is 4.37. The van der Waals surface area contributed by atoms with Crippen molar-refractivity contribution in [1.29, 1.82) is 0 Å². The maximum atomic E-state index is 12.3. The Morgan fingerprint density at radius 2 is 2.24 bits per heavy atom. The summed E-state index contributed by atoms with van der Waals surface area (Å²) < 4.78 is 1.25. The SMILES string of the molecule is Cc1cc2c(=O)n(C(C)C(=O)NCCC(=O)O)cnc2s1. The minimum Gasteiger partial charge on any atom is -0.481 e. The molecule has 2 heterocycles. The number of hydrogen-bond acceptors (Lipinski definition) is 5. The molecule has 0 fully saturated rings. The first kappa shape index (κ1) is 15.2. The van der Waals surface area contributed by atoms with Crippen molar-refractivity contribution in [3.63, 3.8) is 0 Å². The molecule has 112 valence electrons. The van der Waals surface area contributed by atoms with Crippen molar-refractivity contribution < 1.29 is 14.7 Å². The topological polar surface area (TPSA) is 101 Å². The minimum absolute atomic E-state index is 0.0283. The van der Waals surface area contributed by atoms with E-state index in [1.165, 1.54) is 22.2 Å². The zero-order chi connectivity index (χ0) is 15.6. The highest BCUT2D eigenvalue weighted by Gasteiger charge is 2.18. The van der Waals surface area contributed by atoms with Gasteiger partial charge in [0.2, 0.25) is 5.91 Å². The number of aryl methyl sites for hydroxylation is 1. The van der Waals surface area contributed by atoms with E-state index in [4.69, 9.17) is 5.11 Å². The van der Waals surface area contributed by atoms with Crippen LogP contribution in [-0.4, -0.2) is 33.1 Å². The molecule has 0 radical (unpaired) electrons. The summed E-state index contributed by atoms with van der Waals surface area (Å²) in [6, 6.07) is 1.00. The van der Waals surface area contributed by atoms with E-state index in [1.54, 1.807) is 13.0 Å². The van der Waals surface area contributed by atoms with Crippen LogP contribution in [0.3, 0.4) is 0 Å². The van der Waals surface area contributed by atoms with Crippen LogP contribution in [0.25, 0.3) is 10.2 Å². The molecule has 1 atom stereocenters. The summed E-state index contributed by atoms with van der Waals surface area (Å²) in [4.78, 5) is 40.5. The van der Waals surface area contributed by atoms with Crippen molar-refractivity contribution in [3.05, 3.63) is 27.6 Å². The predicted molar refractivity (Wildman–Crippen MR) is 78.6 cm³/mol. The Bertz CT molecular complexity index is 749. The van der Waals surface area contributed by atoms with Crippen LogP contribution in [0.4, 0.5) is 0 Å². The lowest BCUT2D eigenvalue weighted by Gasteiger charge is -2.14. The average molecular weight is 309 g/mol. The molecular weight excluding hydrogens is 294 g/mol. The van der Waals surface area contributed by atoms with Crippen molar-refractivity contribution in [3.8, 4) is 0 Å². The number of aliphatic carboxylic acids is 1. The van der Waals surface area contributed by atoms with Gasteiger partial charge in [-0.1, -0.05) is 0 Å². The Hall–Kier alpha value is -2.22. The number of carbonyl (C=O) groups excluding carboxylic acids is 1. The number of fused-ring (bicyclic) bond motifs is 1. The second-order valence-corrected chi connectivity index (χ2v) is 5.88. The van der Waals surface area contributed by atoms with E-state index in [-0.39, 0.29) is 18.5 Å². The van der Waals surface area contributed by atoms with Crippen molar-refractivity contribution >= 4 is 33.4 Å². The average Bonchev–Trinajstić information content (AvgIpc) is 2.79. The summed E-state index contributed by atoms with van der Waals surface area (Å²) in [5.41, 5.74) is -0.273. The summed E-state index contributed by atoms with van der Waals surface area (Å²) in [6.07, 6.45) is 1.19. The quantitative estimate of drug-likeness (QED) is 0.855. The van der Waals surface area contributed by atoms with Crippen LogP contribution in [0, 0.1) is 6.92 Å². The summed E-state index contributed by atoms with van der Waals surface area (Å²) >= 11 is 1.42. The zero-order valence-electron chi connectivity index (χ0n) is 11.6. The lowest BCUT2D eigenvalue weighted by molar-refractivity contribution is -0.137. The van der Waals surface area contributed by atoms with Crippen LogP contribution < -0.4 is 10.9 Å². The fourth-order valence-electron chi connectivity index (χ4n) is 1.90. The molecule has 2 N–H and O–H groups in total. The Morgan fingerprint density at radius 3 is 2.90 bits per heavy atom. The van der Waals surface area contributed by atoms with Gasteiger partial charge in [0.05, 0.1) is 18.1 Å². The third-order valence-electron chi connectivity index (χ3n) is 3.03. The van der Waals surface area contributed by atoms with Crippen LogP contribution in [0.15, 0.2) is 17.2 Å². The fourth-order valence-corrected chi connectivity index (χ4v) is 2.74. The number of carboxylic acid groups (broad SMARTS) is 1. The van der Waals surface area contributed by atoms with E-state index in [1.807, 2.05) is 6.92 Å². The molecule has 0 aliphatic rings. The van der Waals surface area contributed by atoms with Gasteiger partial charge in [-0.25, -0.2) is 4.98 Å². The van der Waals surface area contributed by atoms with E-state index in [2.05, 4.69) is 10.3 Å². The predicted octanol–water partition coefficient (Wildman–Crippen LogP) is 0.918. The molecule has 0 bridgehead atoms. The van der Waals surface area contributed by atoms with E-state index in [9.17, 15) is 14.4 Å². The van der Waals surface area contributed by atoms with Gasteiger partial charge in [0.25, 0.3) is 5.56 Å². The molecule has 0 aromatic carbocycles. The number of nitrogens with one attached hydrogen (secondary N) is 1. The van der Waals surface area contributed by atoms with E-state index in [0.717, 1.165) is 4.88 Å². The van der Waals surface area contributed by atoms with Gasteiger partial charge in [-0.05, 0) is 19.9 Å². The number of carbonyl (C=O) groups is 2. The first-order valence-corrected chi connectivity index (χ1v) is 7.18. The molecule has 0 saturated carbocycles. The first-order chi connectivity index (χ1) is 9.90. The highest BCUT2D eigenvalue weighted by Crippen LogP contribution is 2.20. The Labute approximate surface area is 124 Å². The highest BCUT2D eigenvalue weighted by atomic mass is 32.1. The third-order valence-corrected chi connectivity index (χ3v) is 3.99. The third kappa shape index (κ3) is 3.27. The molecule has 0 aliphatic carbocycles. The zero-order valence-corrected chi connectivity index (χ0v) is 12.4. The van der Waals surface area contributed by atoms with Crippen LogP contribution in [-0.2, 0) is 9.59 Å². The molecule has 0 saturated heterocycles. The summed E-state index contributed by atoms with van der Waals surface area (Å²) in [5, 5.41) is 11.5. The van der Waals surface area contributed by atoms with Gasteiger partial charge in [0.15, 0.2) is 0 Å². The minimum atomic E-state index is -0.989. The summed E-state index contributed by atoms with van der Waals surface area (Å²) in [6.45, 7) is 3.49. The summed E-state index contributed by atoms with van der Waals surface area (Å²) in [7, 11) is 0. The number of hydrogen-bond donors (Lipinski definition) is 2. The maximum Gasteiger partial charge on any atom is 0.305 e.